The Hall–Kier alpha value is -0.740. The largest absolute Gasteiger partial charge is 0.311 e. The van der Waals surface area contributed by atoms with E-state index in [-0.39, 0.29) is 5.78 Å². The van der Waals surface area contributed by atoms with Gasteiger partial charge in [0.15, 0.2) is 5.78 Å². The molecule has 0 amide bonds. The zero-order chi connectivity index (χ0) is 10.7. The van der Waals surface area contributed by atoms with Crippen LogP contribution in [0.5, 0.6) is 0 Å². The highest BCUT2D eigenvalue weighted by Crippen LogP contribution is 2.16. The van der Waals surface area contributed by atoms with Crippen molar-refractivity contribution in [3.63, 3.8) is 0 Å². The maximum atomic E-state index is 11.8. The van der Waals surface area contributed by atoms with Gasteiger partial charge in [-0.05, 0) is 19.8 Å². The number of hydrogen-bond acceptors (Lipinski definition) is 4. The first-order chi connectivity index (χ1) is 7.25. The van der Waals surface area contributed by atoms with E-state index in [0.29, 0.717) is 24.2 Å². The number of hydrogen-bond donors (Lipinski definition) is 1. The molecule has 0 aromatic carbocycles. The summed E-state index contributed by atoms with van der Waals surface area (Å²) in [4.78, 5) is 15.8. The van der Waals surface area contributed by atoms with Crippen LogP contribution >= 0.6 is 11.3 Å². The van der Waals surface area contributed by atoms with Crippen LogP contribution in [-0.4, -0.2) is 22.9 Å². The van der Waals surface area contributed by atoms with Crippen molar-refractivity contribution in [2.45, 2.75) is 44.7 Å². The second-order valence-corrected chi connectivity index (χ2v) is 4.92. The fourth-order valence-electron chi connectivity index (χ4n) is 2.08. The van der Waals surface area contributed by atoms with Gasteiger partial charge in [-0.3, -0.25) is 4.79 Å². The first-order valence-corrected chi connectivity index (χ1v) is 6.37. The molecule has 1 fully saturated rings. The van der Waals surface area contributed by atoms with E-state index in [2.05, 4.69) is 17.2 Å². The van der Waals surface area contributed by atoms with E-state index in [1.165, 1.54) is 24.2 Å². The topological polar surface area (TPSA) is 42.0 Å². The predicted molar refractivity (Wildman–Crippen MR) is 61.3 cm³/mol. The predicted octanol–water partition coefficient (Wildman–Crippen LogP) is 2.25. The van der Waals surface area contributed by atoms with Crippen LogP contribution in [0.3, 0.4) is 0 Å². The van der Waals surface area contributed by atoms with Crippen LogP contribution in [0.2, 0.25) is 0 Å². The maximum absolute atomic E-state index is 11.8. The third-order valence-electron chi connectivity index (χ3n) is 2.86. The molecule has 0 aliphatic carbocycles. The molecule has 0 radical (unpaired) electrons. The van der Waals surface area contributed by atoms with Crippen LogP contribution in [0, 0.1) is 0 Å². The molecule has 2 rings (SSSR count). The SMILES string of the molecule is CC1CCCC(CC(=O)c2cscn2)N1. The molecule has 2 atom stereocenters. The number of nitrogens with zero attached hydrogens (tertiary/aromatic N) is 1. The van der Waals surface area contributed by atoms with Crippen LogP contribution < -0.4 is 5.32 Å². The zero-order valence-electron chi connectivity index (χ0n) is 8.90. The molecule has 3 nitrogen and oxygen atoms in total. The average molecular weight is 224 g/mol. The summed E-state index contributed by atoms with van der Waals surface area (Å²) in [6, 6.07) is 0.898. The van der Waals surface area contributed by atoms with E-state index in [0.717, 1.165) is 6.42 Å². The van der Waals surface area contributed by atoms with Gasteiger partial charge in [-0.25, -0.2) is 4.98 Å². The summed E-state index contributed by atoms with van der Waals surface area (Å²) in [6.07, 6.45) is 4.15. The molecule has 0 spiro atoms. The van der Waals surface area contributed by atoms with Crippen LogP contribution in [0.25, 0.3) is 0 Å². The van der Waals surface area contributed by atoms with Gasteiger partial charge in [0.2, 0.25) is 0 Å². The summed E-state index contributed by atoms with van der Waals surface area (Å²) in [6.45, 7) is 2.18. The lowest BCUT2D eigenvalue weighted by Crippen LogP contribution is -2.41. The third kappa shape index (κ3) is 2.86. The molecule has 1 aliphatic heterocycles. The fourth-order valence-corrected chi connectivity index (χ4v) is 2.64. The Morgan fingerprint density at radius 3 is 3.20 bits per heavy atom. The molecule has 82 valence electrons. The molecule has 1 aliphatic rings. The molecule has 0 saturated carbocycles. The highest BCUT2D eigenvalue weighted by Gasteiger charge is 2.21. The van der Waals surface area contributed by atoms with Gasteiger partial charge in [0.1, 0.15) is 5.69 Å². The van der Waals surface area contributed by atoms with Crippen LogP contribution in [0.15, 0.2) is 10.9 Å². The van der Waals surface area contributed by atoms with Crippen LogP contribution in [0.4, 0.5) is 0 Å². The minimum atomic E-state index is 0.169. The van der Waals surface area contributed by atoms with Gasteiger partial charge in [0.05, 0.1) is 5.51 Å². The lowest BCUT2D eigenvalue weighted by Gasteiger charge is -2.28. The van der Waals surface area contributed by atoms with Crippen LogP contribution in [-0.2, 0) is 0 Å². The highest BCUT2D eigenvalue weighted by atomic mass is 32.1. The van der Waals surface area contributed by atoms with E-state index in [4.69, 9.17) is 0 Å². The Bertz CT molecular complexity index is 323. The fraction of sp³-hybridized carbons (Fsp3) is 0.636. The van der Waals surface area contributed by atoms with Crippen molar-refractivity contribution >= 4 is 17.1 Å². The van der Waals surface area contributed by atoms with Gasteiger partial charge in [0, 0.05) is 23.9 Å². The van der Waals surface area contributed by atoms with Gasteiger partial charge in [-0.1, -0.05) is 6.42 Å². The second-order valence-electron chi connectivity index (χ2n) is 4.20. The van der Waals surface area contributed by atoms with Gasteiger partial charge >= 0.3 is 0 Å². The Labute approximate surface area is 93.9 Å². The van der Waals surface area contributed by atoms with Crippen molar-refractivity contribution in [2.75, 3.05) is 0 Å². The first kappa shape index (κ1) is 10.8. The lowest BCUT2D eigenvalue weighted by molar-refractivity contribution is 0.0955. The monoisotopic (exact) mass is 224 g/mol. The van der Waals surface area contributed by atoms with Crippen molar-refractivity contribution in [3.05, 3.63) is 16.6 Å². The van der Waals surface area contributed by atoms with Gasteiger partial charge in [-0.2, -0.15) is 0 Å². The molecule has 1 saturated heterocycles. The van der Waals surface area contributed by atoms with Crippen molar-refractivity contribution in [1.29, 1.82) is 0 Å². The molecular formula is C11H16N2OS. The number of carbonyl (C=O) groups excluding carboxylic acids is 1. The summed E-state index contributed by atoms with van der Waals surface area (Å²) in [5, 5.41) is 5.29. The Morgan fingerprint density at radius 2 is 2.53 bits per heavy atom. The summed E-state index contributed by atoms with van der Waals surface area (Å²) in [5.41, 5.74) is 2.34. The van der Waals surface area contributed by atoms with Gasteiger partial charge < -0.3 is 5.32 Å². The van der Waals surface area contributed by atoms with Crippen molar-refractivity contribution < 1.29 is 4.79 Å². The number of ketones is 1. The molecule has 1 N–H and O–H groups in total. The molecule has 4 heteroatoms. The summed E-state index contributed by atoms with van der Waals surface area (Å²) >= 11 is 1.48. The van der Waals surface area contributed by atoms with Gasteiger partial charge in [0.25, 0.3) is 0 Å². The quantitative estimate of drug-likeness (QED) is 0.801. The highest BCUT2D eigenvalue weighted by molar-refractivity contribution is 7.07. The minimum absolute atomic E-state index is 0.169. The smallest absolute Gasteiger partial charge is 0.183 e. The third-order valence-corrected chi connectivity index (χ3v) is 3.45. The molecule has 15 heavy (non-hydrogen) atoms. The number of thiazole rings is 1. The summed E-state index contributed by atoms with van der Waals surface area (Å²) in [7, 11) is 0. The first-order valence-electron chi connectivity index (χ1n) is 5.43. The van der Waals surface area contributed by atoms with E-state index in [1.54, 1.807) is 5.51 Å². The Morgan fingerprint density at radius 1 is 1.67 bits per heavy atom. The van der Waals surface area contributed by atoms with E-state index in [1.807, 2.05) is 5.38 Å². The molecule has 1 aromatic rings. The molecule has 2 unspecified atom stereocenters. The second kappa shape index (κ2) is 4.86. The molecule has 0 bridgehead atoms. The van der Waals surface area contributed by atoms with Crippen LogP contribution in [0.1, 0.15) is 43.1 Å². The van der Waals surface area contributed by atoms with E-state index < -0.39 is 0 Å². The van der Waals surface area contributed by atoms with Crippen molar-refractivity contribution in [3.8, 4) is 0 Å². The standard InChI is InChI=1S/C11H16N2OS/c1-8-3-2-4-9(13-8)5-11(14)10-6-15-7-12-10/h6-9,13H,2-5H2,1H3. The number of nitrogens with one attached hydrogen (secondary N) is 1. The summed E-state index contributed by atoms with van der Waals surface area (Å²) in [5.74, 6) is 0.169. The molecule has 1 aromatic heterocycles. The minimum Gasteiger partial charge on any atom is -0.311 e. The number of carbonyl (C=O) groups is 1. The van der Waals surface area contributed by atoms with Crippen molar-refractivity contribution in [1.82, 2.24) is 10.3 Å². The average Bonchev–Trinajstić information content (AvgIpc) is 2.70. The lowest BCUT2D eigenvalue weighted by atomic mass is 9.95. The Kier molecular flexibility index (Phi) is 3.49. The normalized spacial score (nSPS) is 26.5. The summed E-state index contributed by atoms with van der Waals surface area (Å²) < 4.78 is 0. The van der Waals surface area contributed by atoms with Gasteiger partial charge in [-0.15, -0.1) is 11.3 Å². The maximum Gasteiger partial charge on any atom is 0.183 e. The molecule has 2 heterocycles. The molecular weight excluding hydrogens is 208 g/mol. The van der Waals surface area contributed by atoms with Crippen molar-refractivity contribution in [2.24, 2.45) is 0 Å². The number of piperidine rings is 1. The number of aromatic nitrogens is 1. The van der Waals surface area contributed by atoms with E-state index in [9.17, 15) is 4.79 Å². The number of rotatable bonds is 3. The zero-order valence-corrected chi connectivity index (χ0v) is 9.72. The Balaban J connectivity index is 1.89. The number of Topliss-reactive ketones (excluding diaryl/α,β-unsaturated/α-hetero) is 1. The van der Waals surface area contributed by atoms with E-state index >= 15 is 0 Å².